The number of nitrogens with one attached hydrogen (secondary N) is 2. The van der Waals surface area contributed by atoms with Crippen molar-refractivity contribution in [1.82, 2.24) is 15.0 Å². The van der Waals surface area contributed by atoms with Crippen molar-refractivity contribution < 1.29 is 4.74 Å². The van der Waals surface area contributed by atoms with Gasteiger partial charge >= 0.3 is 0 Å². The molecular weight excluding hydrogens is 617 g/mol. The van der Waals surface area contributed by atoms with Crippen molar-refractivity contribution in [2.75, 3.05) is 30.8 Å². The first-order valence-corrected chi connectivity index (χ1v) is 14.3. The van der Waals surface area contributed by atoms with Gasteiger partial charge in [0.15, 0.2) is 11.8 Å². The third kappa shape index (κ3) is 12.6. The molecule has 2 heterocycles. The number of rotatable bonds is 14. The molecule has 0 radical (unpaired) electrons. The van der Waals surface area contributed by atoms with Crippen LogP contribution in [-0.2, 0) is 6.42 Å². The van der Waals surface area contributed by atoms with E-state index >= 15 is 0 Å². The van der Waals surface area contributed by atoms with Gasteiger partial charge in [0.2, 0.25) is 0 Å². The van der Waals surface area contributed by atoms with Gasteiger partial charge in [-0.05, 0) is 85.4 Å². The standard InChI is InChI=1S/C33H41N7O.3ClH/c1-24(2)22-25-11-13-27(14-12-25)38-33(34)37-21-8-5-4-7-20-36-32-29-23-28(41-3)16-17-30(29)39-31(40-32)18-15-26-10-6-9-19-35-26;;;/h6,9-19,23-24H,4-5,7-8,20-22H2,1-3H3,(H3,34,37,38)(H,36,39,40);3*1H/b18-15+;;;. The van der Waals surface area contributed by atoms with Crippen LogP contribution in [0.2, 0.25) is 0 Å². The number of methoxy groups -OCH3 is 1. The highest BCUT2D eigenvalue weighted by molar-refractivity contribution is 5.92. The summed E-state index contributed by atoms with van der Waals surface area (Å²) in [7, 11) is 1.66. The molecule has 44 heavy (non-hydrogen) atoms. The summed E-state index contributed by atoms with van der Waals surface area (Å²) in [6.07, 6.45) is 10.8. The Labute approximate surface area is 279 Å². The van der Waals surface area contributed by atoms with E-state index in [-0.39, 0.29) is 37.2 Å². The van der Waals surface area contributed by atoms with Crippen LogP contribution in [0.15, 0.2) is 71.9 Å². The van der Waals surface area contributed by atoms with E-state index in [1.807, 2.05) is 48.6 Å². The molecule has 2 aromatic heterocycles. The third-order valence-electron chi connectivity index (χ3n) is 6.54. The third-order valence-corrected chi connectivity index (χ3v) is 6.54. The van der Waals surface area contributed by atoms with Crippen LogP contribution < -0.4 is 21.1 Å². The van der Waals surface area contributed by atoms with Crippen LogP contribution in [0, 0.1) is 5.92 Å². The average molecular weight is 661 g/mol. The van der Waals surface area contributed by atoms with Gasteiger partial charge in [0, 0.05) is 30.4 Å². The van der Waals surface area contributed by atoms with Crippen molar-refractivity contribution in [3.05, 3.63) is 83.9 Å². The van der Waals surface area contributed by atoms with Crippen molar-refractivity contribution >= 4 is 77.7 Å². The Kier molecular flexibility index (Phi) is 17.8. The Morgan fingerprint density at radius 1 is 0.932 bits per heavy atom. The van der Waals surface area contributed by atoms with Crippen LogP contribution in [0.25, 0.3) is 23.1 Å². The van der Waals surface area contributed by atoms with Crippen molar-refractivity contribution in [2.45, 2.75) is 46.0 Å². The highest BCUT2D eigenvalue weighted by Gasteiger charge is 2.08. The molecule has 0 aliphatic carbocycles. The van der Waals surface area contributed by atoms with Crippen LogP contribution in [0.3, 0.4) is 0 Å². The van der Waals surface area contributed by atoms with E-state index in [0.29, 0.717) is 24.2 Å². The number of fused-ring (bicyclic) bond motifs is 1. The van der Waals surface area contributed by atoms with Gasteiger partial charge in [0.05, 0.1) is 18.3 Å². The number of guanidine groups is 1. The molecule has 0 aliphatic heterocycles. The molecule has 0 unspecified atom stereocenters. The Morgan fingerprint density at radius 3 is 2.41 bits per heavy atom. The molecule has 0 amide bonds. The van der Waals surface area contributed by atoms with E-state index in [0.717, 1.165) is 72.5 Å². The molecule has 0 saturated carbocycles. The highest BCUT2D eigenvalue weighted by Crippen LogP contribution is 2.26. The largest absolute Gasteiger partial charge is 0.497 e. The summed E-state index contributed by atoms with van der Waals surface area (Å²) >= 11 is 0. The second-order valence-electron chi connectivity index (χ2n) is 10.4. The summed E-state index contributed by atoms with van der Waals surface area (Å²) in [6.45, 7) is 5.97. The smallest absolute Gasteiger partial charge is 0.193 e. The van der Waals surface area contributed by atoms with Crippen molar-refractivity contribution in [1.29, 1.82) is 0 Å². The number of ether oxygens (including phenoxy) is 1. The quantitative estimate of drug-likeness (QED) is 0.0713. The summed E-state index contributed by atoms with van der Waals surface area (Å²) in [4.78, 5) is 18.3. The number of halogens is 3. The van der Waals surface area contributed by atoms with Crippen molar-refractivity contribution in [3.63, 3.8) is 0 Å². The normalized spacial score (nSPS) is 11.0. The summed E-state index contributed by atoms with van der Waals surface area (Å²) < 4.78 is 5.43. The average Bonchev–Trinajstić information content (AvgIpc) is 2.98. The lowest BCUT2D eigenvalue weighted by Crippen LogP contribution is -2.22. The zero-order valence-electron chi connectivity index (χ0n) is 25.5. The summed E-state index contributed by atoms with van der Waals surface area (Å²) in [5.74, 6) is 3.31. The van der Waals surface area contributed by atoms with Crippen LogP contribution in [0.4, 0.5) is 11.5 Å². The maximum atomic E-state index is 6.08. The minimum absolute atomic E-state index is 0. The van der Waals surface area contributed by atoms with E-state index in [1.165, 1.54) is 5.56 Å². The predicted molar refractivity (Wildman–Crippen MR) is 193 cm³/mol. The predicted octanol–water partition coefficient (Wildman–Crippen LogP) is 8.07. The fourth-order valence-corrected chi connectivity index (χ4v) is 4.48. The number of hydrogen-bond acceptors (Lipinski definition) is 6. The molecule has 11 heteroatoms. The Bertz CT molecular complexity index is 1450. The number of aromatic nitrogens is 3. The zero-order chi connectivity index (χ0) is 28.9. The Hall–Kier alpha value is -3.59. The van der Waals surface area contributed by atoms with Crippen molar-refractivity contribution in [2.24, 2.45) is 16.6 Å². The van der Waals surface area contributed by atoms with Gasteiger partial charge < -0.3 is 21.1 Å². The van der Waals surface area contributed by atoms with E-state index in [1.54, 1.807) is 13.3 Å². The SMILES string of the molecule is COc1ccc2nc(/C=C/c3ccccn3)nc(NCCCCCCN=C(N)Nc3ccc(CC(C)C)cc3)c2c1.Cl.Cl.Cl. The summed E-state index contributed by atoms with van der Waals surface area (Å²) in [6, 6.07) is 20.1. The fourth-order valence-electron chi connectivity index (χ4n) is 4.48. The van der Waals surface area contributed by atoms with E-state index in [4.69, 9.17) is 20.4 Å². The Morgan fingerprint density at radius 2 is 1.70 bits per heavy atom. The molecule has 0 bridgehead atoms. The second kappa shape index (κ2) is 20.4. The minimum Gasteiger partial charge on any atom is -0.497 e. The fraction of sp³-hybridized carbons (Fsp3) is 0.333. The molecule has 0 atom stereocenters. The molecule has 8 nitrogen and oxygen atoms in total. The molecule has 0 saturated heterocycles. The molecule has 2 aromatic carbocycles. The summed E-state index contributed by atoms with van der Waals surface area (Å²) in [5, 5.41) is 7.64. The Balaban J connectivity index is 0.00000323. The van der Waals surface area contributed by atoms with Crippen LogP contribution in [0.1, 0.15) is 56.6 Å². The van der Waals surface area contributed by atoms with E-state index in [9.17, 15) is 0 Å². The second-order valence-corrected chi connectivity index (χ2v) is 10.4. The van der Waals surface area contributed by atoms with Gasteiger partial charge in [-0.15, -0.1) is 37.2 Å². The van der Waals surface area contributed by atoms with Crippen molar-refractivity contribution in [3.8, 4) is 5.75 Å². The number of pyridine rings is 1. The maximum Gasteiger partial charge on any atom is 0.193 e. The number of aliphatic imine (C=N–C) groups is 1. The summed E-state index contributed by atoms with van der Waals surface area (Å²) in [5.41, 5.74) is 10.1. The molecule has 0 aliphatic rings. The van der Waals surface area contributed by atoms with Gasteiger partial charge in [-0.1, -0.05) is 44.9 Å². The lowest BCUT2D eigenvalue weighted by Gasteiger charge is -2.11. The molecule has 238 valence electrons. The van der Waals surface area contributed by atoms with Crippen LogP contribution in [-0.4, -0.2) is 41.1 Å². The lowest BCUT2D eigenvalue weighted by atomic mass is 10.0. The molecule has 4 N–H and O–H groups in total. The van der Waals surface area contributed by atoms with E-state index < -0.39 is 0 Å². The number of hydrogen-bond donors (Lipinski definition) is 3. The minimum atomic E-state index is 0. The number of nitrogens with zero attached hydrogens (tertiary/aromatic N) is 4. The number of nitrogens with two attached hydrogens (primary N) is 1. The first-order chi connectivity index (χ1) is 20.0. The topological polar surface area (TPSA) is 110 Å². The van der Waals surface area contributed by atoms with E-state index in [2.05, 4.69) is 58.7 Å². The monoisotopic (exact) mass is 659 g/mol. The number of anilines is 2. The zero-order valence-corrected chi connectivity index (χ0v) is 28.0. The number of benzene rings is 2. The lowest BCUT2D eigenvalue weighted by molar-refractivity contribution is 0.415. The molecule has 4 rings (SSSR count). The maximum absolute atomic E-state index is 6.08. The van der Waals surface area contributed by atoms with Gasteiger partial charge in [0.25, 0.3) is 0 Å². The first kappa shape index (κ1) is 38.4. The first-order valence-electron chi connectivity index (χ1n) is 14.3. The molecule has 0 fully saturated rings. The van der Waals surface area contributed by atoms with Gasteiger partial charge in [-0.2, -0.15) is 0 Å². The van der Waals surface area contributed by atoms with Gasteiger partial charge in [-0.25, -0.2) is 9.97 Å². The van der Waals surface area contributed by atoms with Crippen LogP contribution >= 0.6 is 37.2 Å². The molecule has 0 spiro atoms. The van der Waals surface area contributed by atoms with Crippen LogP contribution in [0.5, 0.6) is 5.75 Å². The highest BCUT2D eigenvalue weighted by atomic mass is 35.5. The molecular formula is C33H44Cl3N7O. The molecule has 4 aromatic rings. The van der Waals surface area contributed by atoms with Gasteiger partial charge in [-0.3, -0.25) is 9.98 Å². The number of unbranched alkanes of at least 4 members (excludes halogenated alkanes) is 3. The van der Waals surface area contributed by atoms with Gasteiger partial charge in [0.1, 0.15) is 11.6 Å².